The van der Waals surface area contributed by atoms with Crippen LogP contribution in [0.1, 0.15) is 41.6 Å². The van der Waals surface area contributed by atoms with Gasteiger partial charge in [0.05, 0.1) is 28.5 Å². The van der Waals surface area contributed by atoms with Gasteiger partial charge in [0.1, 0.15) is 0 Å². The van der Waals surface area contributed by atoms with E-state index in [1.54, 1.807) is 30.3 Å². The Kier molecular flexibility index (Phi) is 6.11. The fourth-order valence-corrected chi connectivity index (χ4v) is 3.98. The molecule has 4 rings (SSSR count). The van der Waals surface area contributed by atoms with Crippen LogP contribution in [0.5, 0.6) is 0 Å². The predicted octanol–water partition coefficient (Wildman–Crippen LogP) is 3.36. The van der Waals surface area contributed by atoms with Gasteiger partial charge in [-0.1, -0.05) is 24.3 Å². The van der Waals surface area contributed by atoms with Crippen LogP contribution in [0, 0.1) is 6.92 Å². The standard InChI is InChI=1S/C24H26N4O3/c1-17-8-7-10-19-22(17)25-16-28(24(19)31)15-12-21(29)26-20-11-4-3-9-18(20)23(30)27-13-5-2-6-14-27/h3-4,7-11,16H,2,5-6,12-15H2,1H3,(H,26,29). The van der Waals surface area contributed by atoms with Crippen molar-refractivity contribution in [3.63, 3.8) is 0 Å². The minimum atomic E-state index is -0.255. The lowest BCUT2D eigenvalue weighted by atomic mass is 10.1. The van der Waals surface area contributed by atoms with E-state index in [-0.39, 0.29) is 30.3 Å². The number of fused-ring (bicyclic) bond motifs is 1. The lowest BCUT2D eigenvalue weighted by molar-refractivity contribution is -0.116. The van der Waals surface area contributed by atoms with Crippen molar-refractivity contribution in [2.45, 2.75) is 39.2 Å². The molecule has 0 aliphatic carbocycles. The molecule has 2 heterocycles. The van der Waals surface area contributed by atoms with Crippen LogP contribution in [0.3, 0.4) is 0 Å². The van der Waals surface area contributed by atoms with Gasteiger partial charge in [-0.25, -0.2) is 4.98 Å². The van der Waals surface area contributed by atoms with Crippen LogP contribution >= 0.6 is 0 Å². The van der Waals surface area contributed by atoms with Crippen molar-refractivity contribution in [3.05, 3.63) is 70.3 Å². The SMILES string of the molecule is Cc1cccc2c(=O)n(CCC(=O)Nc3ccccc3C(=O)N3CCCCC3)cnc12. The van der Waals surface area contributed by atoms with Gasteiger partial charge in [0.2, 0.25) is 5.91 Å². The molecule has 0 radical (unpaired) electrons. The van der Waals surface area contributed by atoms with E-state index in [1.165, 1.54) is 10.9 Å². The minimum Gasteiger partial charge on any atom is -0.339 e. The molecule has 31 heavy (non-hydrogen) atoms. The monoisotopic (exact) mass is 418 g/mol. The Hall–Kier alpha value is -3.48. The smallest absolute Gasteiger partial charge is 0.261 e. The Morgan fingerprint density at radius 2 is 1.81 bits per heavy atom. The van der Waals surface area contributed by atoms with Crippen molar-refractivity contribution in [1.82, 2.24) is 14.5 Å². The molecule has 0 atom stereocenters. The van der Waals surface area contributed by atoms with E-state index in [0.29, 0.717) is 22.2 Å². The van der Waals surface area contributed by atoms with Crippen LogP contribution < -0.4 is 10.9 Å². The topological polar surface area (TPSA) is 84.3 Å². The molecule has 0 unspecified atom stereocenters. The van der Waals surface area contributed by atoms with Gasteiger partial charge in [-0.05, 0) is 49.9 Å². The van der Waals surface area contributed by atoms with E-state index in [4.69, 9.17) is 0 Å². The Balaban J connectivity index is 1.45. The fourth-order valence-electron chi connectivity index (χ4n) is 3.98. The third kappa shape index (κ3) is 4.50. The van der Waals surface area contributed by atoms with E-state index in [1.807, 2.05) is 24.0 Å². The number of hydrogen-bond donors (Lipinski definition) is 1. The van der Waals surface area contributed by atoms with Crippen LogP contribution in [0.15, 0.2) is 53.6 Å². The van der Waals surface area contributed by atoms with Crippen molar-refractivity contribution in [3.8, 4) is 0 Å². The molecule has 0 saturated carbocycles. The molecule has 160 valence electrons. The molecule has 7 heteroatoms. The third-order valence-electron chi connectivity index (χ3n) is 5.71. The summed E-state index contributed by atoms with van der Waals surface area (Å²) in [6.07, 6.45) is 4.75. The molecule has 1 N–H and O–H groups in total. The third-order valence-corrected chi connectivity index (χ3v) is 5.71. The number of benzene rings is 2. The Morgan fingerprint density at radius 1 is 1.03 bits per heavy atom. The highest BCUT2D eigenvalue weighted by atomic mass is 16.2. The average molecular weight is 418 g/mol. The number of aryl methyl sites for hydroxylation is 2. The second-order valence-electron chi connectivity index (χ2n) is 7.91. The average Bonchev–Trinajstić information content (AvgIpc) is 2.80. The van der Waals surface area contributed by atoms with Gasteiger partial charge in [-0.15, -0.1) is 0 Å². The summed E-state index contributed by atoms with van der Waals surface area (Å²) in [5.41, 5.74) is 2.45. The Labute approximate surface area is 180 Å². The van der Waals surface area contributed by atoms with Gasteiger partial charge in [0.25, 0.3) is 11.5 Å². The van der Waals surface area contributed by atoms with Crippen molar-refractivity contribution < 1.29 is 9.59 Å². The summed E-state index contributed by atoms with van der Waals surface area (Å²) in [7, 11) is 0. The molecular weight excluding hydrogens is 392 g/mol. The quantitative estimate of drug-likeness (QED) is 0.689. The number of hydrogen-bond acceptors (Lipinski definition) is 4. The first-order chi connectivity index (χ1) is 15.0. The summed E-state index contributed by atoms with van der Waals surface area (Å²) in [4.78, 5) is 44.4. The number of nitrogens with zero attached hydrogens (tertiary/aromatic N) is 3. The summed E-state index contributed by atoms with van der Waals surface area (Å²) in [6.45, 7) is 3.62. The van der Waals surface area contributed by atoms with Crippen molar-refractivity contribution in [2.24, 2.45) is 0 Å². The number of aromatic nitrogens is 2. The molecule has 7 nitrogen and oxygen atoms in total. The zero-order valence-electron chi connectivity index (χ0n) is 17.6. The molecule has 1 aromatic heterocycles. The molecular formula is C24H26N4O3. The number of para-hydroxylation sites is 2. The highest BCUT2D eigenvalue weighted by molar-refractivity contribution is 6.03. The maximum Gasteiger partial charge on any atom is 0.261 e. The van der Waals surface area contributed by atoms with Crippen LogP contribution in [0.2, 0.25) is 0 Å². The second-order valence-corrected chi connectivity index (χ2v) is 7.91. The van der Waals surface area contributed by atoms with Crippen molar-refractivity contribution >= 4 is 28.4 Å². The Morgan fingerprint density at radius 3 is 2.61 bits per heavy atom. The van der Waals surface area contributed by atoms with E-state index in [9.17, 15) is 14.4 Å². The number of anilines is 1. The van der Waals surface area contributed by atoms with E-state index >= 15 is 0 Å². The number of amides is 2. The molecule has 3 aromatic rings. The summed E-state index contributed by atoms with van der Waals surface area (Å²) >= 11 is 0. The normalized spacial score (nSPS) is 13.9. The van der Waals surface area contributed by atoms with E-state index in [0.717, 1.165) is 37.9 Å². The summed E-state index contributed by atoms with van der Waals surface area (Å²) < 4.78 is 1.45. The van der Waals surface area contributed by atoms with Gasteiger partial charge >= 0.3 is 0 Å². The first-order valence-corrected chi connectivity index (χ1v) is 10.7. The number of carbonyl (C=O) groups is 2. The van der Waals surface area contributed by atoms with Gasteiger partial charge in [0, 0.05) is 26.1 Å². The van der Waals surface area contributed by atoms with Gasteiger partial charge in [0.15, 0.2) is 0 Å². The van der Waals surface area contributed by atoms with Gasteiger partial charge in [-0.2, -0.15) is 0 Å². The molecule has 0 spiro atoms. The van der Waals surface area contributed by atoms with Crippen molar-refractivity contribution in [1.29, 1.82) is 0 Å². The molecule has 1 saturated heterocycles. The largest absolute Gasteiger partial charge is 0.339 e. The molecule has 1 aliphatic heterocycles. The number of piperidine rings is 1. The lowest BCUT2D eigenvalue weighted by Crippen LogP contribution is -2.36. The van der Waals surface area contributed by atoms with Gasteiger partial charge in [-0.3, -0.25) is 19.0 Å². The maximum atomic E-state index is 12.9. The highest BCUT2D eigenvalue weighted by Gasteiger charge is 2.21. The number of nitrogens with one attached hydrogen (secondary N) is 1. The van der Waals surface area contributed by atoms with Crippen LogP contribution in [-0.4, -0.2) is 39.4 Å². The fraction of sp³-hybridized carbons (Fsp3) is 0.333. The first kappa shape index (κ1) is 20.8. The molecule has 2 aromatic carbocycles. The van der Waals surface area contributed by atoms with E-state index in [2.05, 4.69) is 10.3 Å². The van der Waals surface area contributed by atoms with Gasteiger partial charge < -0.3 is 10.2 Å². The van der Waals surface area contributed by atoms with Crippen molar-refractivity contribution in [2.75, 3.05) is 18.4 Å². The molecule has 1 fully saturated rings. The highest BCUT2D eigenvalue weighted by Crippen LogP contribution is 2.20. The summed E-state index contributed by atoms with van der Waals surface area (Å²) in [5, 5.41) is 3.39. The zero-order chi connectivity index (χ0) is 21.8. The Bertz CT molecular complexity index is 1180. The maximum absolute atomic E-state index is 12.9. The lowest BCUT2D eigenvalue weighted by Gasteiger charge is -2.27. The number of likely N-dealkylation sites (tertiary alicyclic amines) is 1. The number of carbonyl (C=O) groups excluding carboxylic acids is 2. The second kappa shape index (κ2) is 9.12. The number of rotatable bonds is 5. The minimum absolute atomic E-state index is 0.0547. The van der Waals surface area contributed by atoms with Crippen LogP contribution in [0.25, 0.3) is 10.9 Å². The molecule has 1 aliphatic rings. The summed E-state index contributed by atoms with van der Waals surface area (Å²) in [6, 6.07) is 12.6. The summed E-state index contributed by atoms with van der Waals surface area (Å²) in [5.74, 6) is -0.309. The van der Waals surface area contributed by atoms with Crippen LogP contribution in [-0.2, 0) is 11.3 Å². The van der Waals surface area contributed by atoms with E-state index < -0.39 is 0 Å². The first-order valence-electron chi connectivity index (χ1n) is 10.7. The predicted molar refractivity (Wildman–Crippen MR) is 120 cm³/mol. The molecule has 2 amide bonds. The molecule has 0 bridgehead atoms. The van der Waals surface area contributed by atoms with Crippen LogP contribution in [0.4, 0.5) is 5.69 Å². The zero-order valence-corrected chi connectivity index (χ0v) is 17.6.